The molecule has 0 N–H and O–H groups in total. The van der Waals surface area contributed by atoms with Gasteiger partial charge in [0.1, 0.15) is 0 Å². The van der Waals surface area contributed by atoms with Gasteiger partial charge in [0, 0.05) is 12.0 Å². The molecule has 1 heterocycles. The Balaban J connectivity index is 2.38. The number of nitrogens with zero attached hydrogens (tertiary/aromatic N) is 4. The molecule has 0 saturated heterocycles. The average Bonchev–Trinajstić information content (AvgIpc) is 3.06. The third-order valence-corrected chi connectivity index (χ3v) is 4.05. The van der Waals surface area contributed by atoms with Crippen LogP contribution < -0.4 is 14.2 Å². The highest BCUT2D eigenvalue weighted by molar-refractivity contribution is 7.98. The van der Waals surface area contributed by atoms with Gasteiger partial charge >= 0.3 is 0 Å². The SMILES string of the molecule is CCCOc1c(OC)cc(/C=N\n2c(CC)nnc2SC)cc1OC. The van der Waals surface area contributed by atoms with Crippen LogP contribution in [-0.2, 0) is 6.42 Å². The van der Waals surface area contributed by atoms with Gasteiger partial charge in [0.25, 0.3) is 0 Å². The molecule has 1 aromatic carbocycles. The molecule has 0 atom stereocenters. The van der Waals surface area contributed by atoms with Crippen molar-refractivity contribution in [1.82, 2.24) is 14.9 Å². The molecular weight excluding hydrogens is 340 g/mol. The largest absolute Gasteiger partial charge is 0.493 e. The van der Waals surface area contributed by atoms with E-state index < -0.39 is 0 Å². The smallest absolute Gasteiger partial charge is 0.211 e. The summed E-state index contributed by atoms with van der Waals surface area (Å²) in [5.74, 6) is 2.63. The molecule has 25 heavy (non-hydrogen) atoms. The van der Waals surface area contributed by atoms with Crippen molar-refractivity contribution in [3.05, 3.63) is 23.5 Å². The lowest BCUT2D eigenvalue weighted by Gasteiger charge is -2.14. The Labute approximate surface area is 152 Å². The quantitative estimate of drug-likeness (QED) is 0.502. The minimum Gasteiger partial charge on any atom is -0.493 e. The molecule has 8 heteroatoms. The third-order valence-electron chi connectivity index (χ3n) is 3.43. The molecule has 0 amide bonds. The van der Waals surface area contributed by atoms with E-state index in [1.807, 2.05) is 32.2 Å². The maximum atomic E-state index is 5.75. The fourth-order valence-corrected chi connectivity index (χ4v) is 2.65. The van der Waals surface area contributed by atoms with Crippen LogP contribution in [0.5, 0.6) is 17.2 Å². The van der Waals surface area contributed by atoms with Crippen LogP contribution in [0.1, 0.15) is 31.7 Å². The van der Waals surface area contributed by atoms with Gasteiger partial charge in [-0.05, 0) is 24.8 Å². The van der Waals surface area contributed by atoms with Gasteiger partial charge in [0.2, 0.25) is 10.9 Å². The molecule has 2 aromatic rings. The van der Waals surface area contributed by atoms with Crippen LogP contribution in [0.2, 0.25) is 0 Å². The van der Waals surface area contributed by atoms with Crippen molar-refractivity contribution < 1.29 is 14.2 Å². The minimum absolute atomic E-state index is 0.595. The van der Waals surface area contributed by atoms with Crippen molar-refractivity contribution in [3.8, 4) is 17.2 Å². The highest BCUT2D eigenvalue weighted by Gasteiger charge is 2.14. The molecule has 0 saturated carbocycles. The van der Waals surface area contributed by atoms with Crippen molar-refractivity contribution >= 4 is 18.0 Å². The zero-order chi connectivity index (χ0) is 18.2. The van der Waals surface area contributed by atoms with Crippen LogP contribution in [0.3, 0.4) is 0 Å². The van der Waals surface area contributed by atoms with E-state index >= 15 is 0 Å². The second-order valence-corrected chi connectivity index (χ2v) is 5.89. The topological polar surface area (TPSA) is 70.8 Å². The maximum Gasteiger partial charge on any atom is 0.211 e. The fraction of sp³-hybridized carbons (Fsp3) is 0.471. The lowest BCUT2D eigenvalue weighted by molar-refractivity contribution is 0.275. The molecule has 0 aliphatic rings. The summed E-state index contributed by atoms with van der Waals surface area (Å²) in [5, 5.41) is 13.5. The van der Waals surface area contributed by atoms with Gasteiger partial charge in [-0.15, -0.1) is 10.2 Å². The highest BCUT2D eigenvalue weighted by atomic mass is 32.2. The van der Waals surface area contributed by atoms with Crippen molar-refractivity contribution in [1.29, 1.82) is 0 Å². The van der Waals surface area contributed by atoms with E-state index in [1.54, 1.807) is 25.1 Å². The summed E-state index contributed by atoms with van der Waals surface area (Å²) in [6.45, 7) is 4.66. The number of ether oxygens (including phenoxy) is 3. The molecule has 0 unspecified atom stereocenters. The molecule has 0 bridgehead atoms. The monoisotopic (exact) mass is 364 g/mol. The van der Waals surface area contributed by atoms with E-state index in [0.29, 0.717) is 23.9 Å². The van der Waals surface area contributed by atoms with Gasteiger partial charge in [-0.25, -0.2) is 0 Å². The van der Waals surface area contributed by atoms with Crippen LogP contribution in [0.4, 0.5) is 0 Å². The van der Waals surface area contributed by atoms with Crippen LogP contribution in [0.15, 0.2) is 22.4 Å². The minimum atomic E-state index is 0.595. The first-order valence-corrected chi connectivity index (χ1v) is 9.32. The number of aryl methyl sites for hydroxylation is 1. The maximum absolute atomic E-state index is 5.75. The Kier molecular flexibility index (Phi) is 7.12. The first-order chi connectivity index (χ1) is 12.2. The molecule has 0 spiro atoms. The Morgan fingerprint density at radius 2 is 1.84 bits per heavy atom. The van der Waals surface area contributed by atoms with E-state index in [1.165, 1.54) is 11.8 Å². The van der Waals surface area contributed by atoms with Crippen LogP contribution >= 0.6 is 11.8 Å². The summed E-state index contributed by atoms with van der Waals surface area (Å²) in [6.07, 6.45) is 5.33. The zero-order valence-electron chi connectivity index (χ0n) is 15.3. The molecule has 136 valence electrons. The van der Waals surface area contributed by atoms with E-state index in [-0.39, 0.29) is 0 Å². The number of rotatable bonds is 9. The molecule has 2 rings (SSSR count). The van der Waals surface area contributed by atoms with Crippen molar-refractivity contribution in [2.75, 3.05) is 27.1 Å². The Morgan fingerprint density at radius 3 is 2.36 bits per heavy atom. The molecular formula is C17H24N4O3S. The highest BCUT2D eigenvalue weighted by Crippen LogP contribution is 2.38. The fourth-order valence-electron chi connectivity index (χ4n) is 2.20. The Morgan fingerprint density at radius 1 is 1.16 bits per heavy atom. The van der Waals surface area contributed by atoms with Crippen LogP contribution in [0.25, 0.3) is 0 Å². The zero-order valence-corrected chi connectivity index (χ0v) is 16.1. The van der Waals surface area contributed by atoms with Crippen LogP contribution in [0, 0.1) is 0 Å². The Hall–Kier alpha value is -2.22. The van der Waals surface area contributed by atoms with E-state index in [0.717, 1.165) is 29.4 Å². The van der Waals surface area contributed by atoms with Gasteiger partial charge in [-0.3, -0.25) is 0 Å². The molecule has 7 nitrogen and oxygen atoms in total. The molecule has 1 aromatic heterocycles. The van der Waals surface area contributed by atoms with E-state index in [2.05, 4.69) is 15.3 Å². The molecule has 0 aliphatic carbocycles. The molecule has 0 fully saturated rings. The number of aromatic nitrogens is 3. The number of methoxy groups -OCH3 is 2. The predicted molar refractivity (Wildman–Crippen MR) is 99.5 cm³/mol. The second-order valence-electron chi connectivity index (χ2n) is 5.12. The summed E-state index contributed by atoms with van der Waals surface area (Å²) < 4.78 is 18.4. The lowest BCUT2D eigenvalue weighted by atomic mass is 10.2. The number of thioether (sulfide) groups is 1. The van der Waals surface area contributed by atoms with E-state index in [4.69, 9.17) is 14.2 Å². The summed E-state index contributed by atoms with van der Waals surface area (Å²) in [6, 6.07) is 3.73. The van der Waals surface area contributed by atoms with Gasteiger partial charge in [0.15, 0.2) is 17.3 Å². The van der Waals surface area contributed by atoms with Crippen LogP contribution in [-0.4, -0.2) is 48.2 Å². The molecule has 0 radical (unpaired) electrons. The first-order valence-electron chi connectivity index (χ1n) is 8.09. The van der Waals surface area contributed by atoms with Gasteiger partial charge in [-0.2, -0.15) is 9.78 Å². The summed E-state index contributed by atoms with van der Waals surface area (Å²) >= 11 is 1.50. The van der Waals surface area contributed by atoms with Gasteiger partial charge in [-0.1, -0.05) is 25.6 Å². The molecule has 0 aliphatic heterocycles. The standard InChI is InChI=1S/C17H24N4O3S/c1-6-8-24-16-13(22-3)9-12(10-14(16)23-4)11-18-21-15(7-2)19-20-17(21)25-5/h9-11H,6-8H2,1-5H3/b18-11-. The van der Waals surface area contributed by atoms with Gasteiger partial charge in [0.05, 0.1) is 27.0 Å². The first kappa shape index (κ1) is 19.1. The van der Waals surface area contributed by atoms with E-state index in [9.17, 15) is 0 Å². The predicted octanol–water partition coefficient (Wildman–Crippen LogP) is 3.25. The summed E-state index contributed by atoms with van der Waals surface area (Å²) in [7, 11) is 3.21. The second kappa shape index (κ2) is 9.31. The summed E-state index contributed by atoms with van der Waals surface area (Å²) in [5.41, 5.74) is 0.834. The number of hydrogen-bond acceptors (Lipinski definition) is 7. The third kappa shape index (κ3) is 4.45. The number of benzene rings is 1. The van der Waals surface area contributed by atoms with Crippen molar-refractivity contribution in [2.45, 2.75) is 31.8 Å². The average molecular weight is 364 g/mol. The Bertz CT molecular complexity index is 684. The summed E-state index contributed by atoms with van der Waals surface area (Å²) in [4.78, 5) is 0. The lowest BCUT2D eigenvalue weighted by Crippen LogP contribution is -2.02. The van der Waals surface area contributed by atoms with Crippen molar-refractivity contribution in [3.63, 3.8) is 0 Å². The van der Waals surface area contributed by atoms with Crippen molar-refractivity contribution in [2.24, 2.45) is 5.10 Å². The van der Waals surface area contributed by atoms with Gasteiger partial charge < -0.3 is 14.2 Å². The normalized spacial score (nSPS) is 11.1. The number of hydrogen-bond donors (Lipinski definition) is 0.